The van der Waals surface area contributed by atoms with Crippen LogP contribution in [0.25, 0.3) is 0 Å². The number of carboxylic acid groups (broad SMARTS) is 1. The van der Waals surface area contributed by atoms with Crippen LogP contribution < -0.4 is 5.32 Å². The van der Waals surface area contributed by atoms with Crippen molar-refractivity contribution in [2.45, 2.75) is 18.6 Å². The van der Waals surface area contributed by atoms with Crippen LogP contribution in [0.1, 0.15) is 6.42 Å². The molecule has 0 heterocycles. The molecule has 84 valence electrons. The highest BCUT2D eigenvalue weighted by Crippen LogP contribution is 2.13. The highest BCUT2D eigenvalue weighted by molar-refractivity contribution is 7.98. The van der Waals surface area contributed by atoms with E-state index >= 15 is 0 Å². The van der Waals surface area contributed by atoms with Gasteiger partial charge in [-0.2, -0.15) is 24.9 Å². The number of hydrogen-bond acceptors (Lipinski definition) is 3. The average molecular weight is 231 g/mol. The summed E-state index contributed by atoms with van der Waals surface area (Å²) in [4.78, 5) is 10.5. The summed E-state index contributed by atoms with van der Waals surface area (Å²) in [6.45, 7) is -1.27. The first-order valence-electron chi connectivity index (χ1n) is 3.88. The van der Waals surface area contributed by atoms with Crippen molar-refractivity contribution in [3.63, 3.8) is 0 Å². The minimum atomic E-state index is -4.37. The molecule has 0 aromatic rings. The van der Waals surface area contributed by atoms with E-state index in [1.54, 1.807) is 6.26 Å². The lowest BCUT2D eigenvalue weighted by Gasteiger charge is -2.15. The highest BCUT2D eigenvalue weighted by atomic mass is 32.2. The monoisotopic (exact) mass is 231 g/mol. The molecule has 0 aliphatic heterocycles. The summed E-state index contributed by atoms with van der Waals surface area (Å²) in [5.41, 5.74) is 0. The van der Waals surface area contributed by atoms with E-state index in [0.717, 1.165) is 0 Å². The number of halogens is 3. The molecular weight excluding hydrogens is 219 g/mol. The predicted octanol–water partition coefficient (Wildman–Crippen LogP) is 1.34. The SMILES string of the molecule is CSCC[C@H](NCC(F)(F)F)C(=O)O. The van der Waals surface area contributed by atoms with Crippen molar-refractivity contribution in [1.29, 1.82) is 0 Å². The summed E-state index contributed by atoms with van der Waals surface area (Å²) >= 11 is 1.40. The molecule has 0 aromatic carbocycles. The Morgan fingerprint density at radius 2 is 2.14 bits per heavy atom. The Morgan fingerprint density at radius 1 is 1.57 bits per heavy atom. The fourth-order valence-corrected chi connectivity index (χ4v) is 1.26. The number of alkyl halides is 3. The number of rotatable bonds is 6. The van der Waals surface area contributed by atoms with E-state index in [0.29, 0.717) is 5.75 Å². The van der Waals surface area contributed by atoms with Gasteiger partial charge in [-0.05, 0) is 18.4 Å². The highest BCUT2D eigenvalue weighted by Gasteiger charge is 2.29. The number of hydrogen-bond donors (Lipinski definition) is 2. The summed E-state index contributed by atoms with van der Waals surface area (Å²) < 4.78 is 35.2. The maximum absolute atomic E-state index is 11.7. The third-order valence-corrected chi connectivity index (χ3v) is 2.10. The minimum absolute atomic E-state index is 0.187. The van der Waals surface area contributed by atoms with Crippen molar-refractivity contribution >= 4 is 17.7 Å². The van der Waals surface area contributed by atoms with E-state index in [2.05, 4.69) is 0 Å². The molecule has 0 bridgehead atoms. The second-order valence-electron chi connectivity index (χ2n) is 2.67. The van der Waals surface area contributed by atoms with Gasteiger partial charge in [0.1, 0.15) is 6.04 Å². The van der Waals surface area contributed by atoms with Crippen LogP contribution >= 0.6 is 11.8 Å². The fraction of sp³-hybridized carbons (Fsp3) is 0.857. The normalized spacial score (nSPS) is 14.0. The third-order valence-electron chi connectivity index (χ3n) is 1.46. The van der Waals surface area contributed by atoms with Gasteiger partial charge >= 0.3 is 12.1 Å². The van der Waals surface area contributed by atoms with Gasteiger partial charge in [-0.1, -0.05) is 0 Å². The average Bonchev–Trinajstić information content (AvgIpc) is 2.01. The van der Waals surface area contributed by atoms with Gasteiger partial charge in [-0.25, -0.2) is 0 Å². The molecule has 0 saturated heterocycles. The molecule has 0 aromatic heterocycles. The topological polar surface area (TPSA) is 49.3 Å². The summed E-state index contributed by atoms with van der Waals surface area (Å²) in [7, 11) is 0. The van der Waals surface area contributed by atoms with E-state index in [4.69, 9.17) is 5.11 Å². The van der Waals surface area contributed by atoms with Crippen LogP contribution in [0, 0.1) is 0 Å². The lowest BCUT2D eigenvalue weighted by atomic mass is 10.2. The third kappa shape index (κ3) is 7.02. The zero-order chi connectivity index (χ0) is 11.2. The van der Waals surface area contributed by atoms with E-state index in [1.165, 1.54) is 11.8 Å². The summed E-state index contributed by atoms with van der Waals surface area (Å²) in [5, 5.41) is 10.5. The largest absolute Gasteiger partial charge is 0.480 e. The fourth-order valence-electron chi connectivity index (χ4n) is 0.787. The predicted molar refractivity (Wildman–Crippen MR) is 48.5 cm³/mol. The van der Waals surface area contributed by atoms with E-state index < -0.39 is 24.7 Å². The number of carbonyl (C=O) groups is 1. The van der Waals surface area contributed by atoms with Crippen LogP contribution in [0.4, 0.5) is 13.2 Å². The van der Waals surface area contributed by atoms with Crippen molar-refractivity contribution in [2.75, 3.05) is 18.6 Å². The van der Waals surface area contributed by atoms with Gasteiger partial charge in [0.15, 0.2) is 0 Å². The van der Waals surface area contributed by atoms with Crippen molar-refractivity contribution in [3.8, 4) is 0 Å². The molecule has 1 atom stereocenters. The summed E-state index contributed by atoms with van der Waals surface area (Å²) in [5.74, 6) is -0.731. The van der Waals surface area contributed by atoms with E-state index in [9.17, 15) is 18.0 Å². The van der Waals surface area contributed by atoms with E-state index in [-0.39, 0.29) is 6.42 Å². The van der Waals surface area contributed by atoms with Crippen molar-refractivity contribution in [3.05, 3.63) is 0 Å². The maximum Gasteiger partial charge on any atom is 0.401 e. The Kier molecular flexibility index (Phi) is 5.94. The molecule has 0 fully saturated rings. The lowest BCUT2D eigenvalue weighted by Crippen LogP contribution is -2.42. The van der Waals surface area contributed by atoms with Gasteiger partial charge < -0.3 is 5.11 Å². The quantitative estimate of drug-likeness (QED) is 0.724. The molecule has 2 N–H and O–H groups in total. The van der Waals surface area contributed by atoms with Gasteiger partial charge in [0.05, 0.1) is 6.54 Å². The van der Waals surface area contributed by atoms with Crippen LogP contribution in [-0.4, -0.2) is 41.8 Å². The molecule has 0 unspecified atom stereocenters. The number of aliphatic carboxylic acids is 1. The van der Waals surface area contributed by atoms with Crippen LogP contribution in [0.3, 0.4) is 0 Å². The zero-order valence-electron chi connectivity index (χ0n) is 7.60. The standard InChI is InChI=1S/C7H12F3NO2S/c1-14-3-2-5(6(12)13)11-4-7(8,9)10/h5,11H,2-4H2,1H3,(H,12,13)/t5-/m0/s1. The van der Waals surface area contributed by atoms with Gasteiger partial charge in [-0.15, -0.1) is 0 Å². The molecule has 0 saturated carbocycles. The molecule has 14 heavy (non-hydrogen) atoms. The zero-order valence-corrected chi connectivity index (χ0v) is 8.41. The number of nitrogens with one attached hydrogen (secondary N) is 1. The Bertz CT molecular complexity index is 186. The van der Waals surface area contributed by atoms with Gasteiger partial charge in [0, 0.05) is 0 Å². The molecule has 0 amide bonds. The molecule has 0 spiro atoms. The van der Waals surface area contributed by atoms with Gasteiger partial charge in [-0.3, -0.25) is 10.1 Å². The van der Waals surface area contributed by atoms with Gasteiger partial charge in [0.25, 0.3) is 0 Å². The molecule has 0 radical (unpaired) electrons. The smallest absolute Gasteiger partial charge is 0.401 e. The van der Waals surface area contributed by atoms with Crippen LogP contribution in [0.15, 0.2) is 0 Å². The molecule has 3 nitrogen and oxygen atoms in total. The Hall–Kier alpha value is -0.430. The molecule has 7 heteroatoms. The van der Waals surface area contributed by atoms with Crippen LogP contribution in [0.2, 0.25) is 0 Å². The lowest BCUT2D eigenvalue weighted by molar-refractivity contribution is -0.143. The number of thioether (sulfide) groups is 1. The second-order valence-corrected chi connectivity index (χ2v) is 3.65. The van der Waals surface area contributed by atoms with Crippen molar-refractivity contribution in [2.24, 2.45) is 0 Å². The summed E-state index contributed by atoms with van der Waals surface area (Å²) in [6.07, 6.45) is -2.41. The van der Waals surface area contributed by atoms with Gasteiger partial charge in [0.2, 0.25) is 0 Å². The first kappa shape index (κ1) is 13.6. The van der Waals surface area contributed by atoms with Crippen LogP contribution in [0.5, 0.6) is 0 Å². The maximum atomic E-state index is 11.7. The second kappa shape index (κ2) is 6.13. The first-order valence-corrected chi connectivity index (χ1v) is 5.28. The molecule has 0 aliphatic carbocycles. The number of carboxylic acids is 1. The molecule has 0 rings (SSSR count). The minimum Gasteiger partial charge on any atom is -0.480 e. The summed E-state index contributed by atoms with van der Waals surface area (Å²) in [6, 6.07) is -1.12. The first-order chi connectivity index (χ1) is 6.37. The van der Waals surface area contributed by atoms with Crippen LogP contribution in [-0.2, 0) is 4.79 Å². The van der Waals surface area contributed by atoms with E-state index in [1.807, 2.05) is 5.32 Å². The van der Waals surface area contributed by atoms with Crippen molar-refractivity contribution in [1.82, 2.24) is 5.32 Å². The Balaban J connectivity index is 3.91. The van der Waals surface area contributed by atoms with Crippen molar-refractivity contribution < 1.29 is 23.1 Å². The Labute approximate surface area is 84.1 Å². The Morgan fingerprint density at radius 3 is 2.50 bits per heavy atom. The molecular formula is C7H12F3NO2S. The molecule has 0 aliphatic rings.